The number of hydrogen-bond donors (Lipinski definition) is 3. The fraction of sp³-hybridized carbons (Fsp3) is 0.489. The van der Waals surface area contributed by atoms with Gasteiger partial charge in [0.2, 0.25) is 5.91 Å². The molecular weight excluding hydrogens is 811 g/mol. The number of rotatable bonds is 22. The van der Waals surface area contributed by atoms with Crippen LogP contribution in [-0.4, -0.2) is 131 Å². The van der Waals surface area contributed by atoms with Crippen molar-refractivity contribution in [1.82, 2.24) is 16.0 Å². The third kappa shape index (κ3) is 12.5. The Labute approximate surface area is 369 Å². The largest absolute Gasteiger partial charge is 0.456 e. The normalized spacial score (nSPS) is 16.3. The van der Waals surface area contributed by atoms with Crippen LogP contribution in [0.25, 0.3) is 0 Å². The first-order chi connectivity index (χ1) is 30.6. The molecule has 63 heavy (non-hydrogen) atoms. The maximum absolute atomic E-state index is 13.6. The van der Waals surface area contributed by atoms with Crippen molar-refractivity contribution in [2.24, 2.45) is 0 Å². The Kier molecular flexibility index (Phi) is 17.2. The average molecular weight is 872 g/mol. The summed E-state index contributed by atoms with van der Waals surface area (Å²) in [6.45, 7) is 3.66. The number of benzene rings is 3. The molecule has 3 aliphatic rings. The van der Waals surface area contributed by atoms with Crippen LogP contribution in [0.2, 0.25) is 0 Å². The van der Waals surface area contributed by atoms with Crippen molar-refractivity contribution in [3.8, 4) is 11.5 Å². The molecule has 0 radical (unpaired) electrons. The van der Waals surface area contributed by atoms with Gasteiger partial charge in [-0.05, 0) is 68.5 Å². The molecule has 1 spiro atoms. The number of carbonyl (C=O) groups excluding carboxylic acids is 4. The van der Waals surface area contributed by atoms with Crippen LogP contribution < -0.4 is 30.5 Å². The van der Waals surface area contributed by atoms with Crippen LogP contribution in [0.1, 0.15) is 75.9 Å². The van der Waals surface area contributed by atoms with Gasteiger partial charge in [0.1, 0.15) is 17.6 Å². The van der Waals surface area contributed by atoms with Crippen molar-refractivity contribution < 1.29 is 52.3 Å². The predicted molar refractivity (Wildman–Crippen MR) is 237 cm³/mol. The van der Waals surface area contributed by atoms with Crippen molar-refractivity contribution in [3.63, 3.8) is 0 Å². The highest BCUT2D eigenvalue weighted by Crippen LogP contribution is 2.57. The van der Waals surface area contributed by atoms with E-state index in [-0.39, 0.29) is 44.0 Å². The lowest BCUT2D eigenvalue weighted by molar-refractivity contribution is -0.122. The van der Waals surface area contributed by atoms with E-state index >= 15 is 0 Å². The zero-order chi connectivity index (χ0) is 44.6. The minimum Gasteiger partial charge on any atom is -0.456 e. The summed E-state index contributed by atoms with van der Waals surface area (Å²) in [4.78, 5) is 55.1. The maximum Gasteiger partial charge on any atom is 0.407 e. The molecule has 3 aromatic rings. The van der Waals surface area contributed by atoms with E-state index in [2.05, 4.69) is 28.1 Å². The molecule has 3 N–H and O–H groups in total. The Bertz CT molecular complexity index is 2020. The molecule has 0 saturated heterocycles. The first-order valence-corrected chi connectivity index (χ1v) is 21.7. The van der Waals surface area contributed by atoms with E-state index in [0.29, 0.717) is 92.1 Å². The van der Waals surface area contributed by atoms with Crippen molar-refractivity contribution >= 4 is 35.3 Å². The lowest BCUT2D eigenvalue weighted by atomic mass is 9.77. The molecule has 0 aromatic heterocycles. The summed E-state index contributed by atoms with van der Waals surface area (Å²) in [5.41, 5.74) is 3.19. The van der Waals surface area contributed by atoms with E-state index in [9.17, 15) is 19.2 Å². The number of carbonyl (C=O) groups is 4. The maximum atomic E-state index is 13.6. The molecule has 16 nitrogen and oxygen atoms in total. The smallest absolute Gasteiger partial charge is 0.407 e. The van der Waals surface area contributed by atoms with E-state index in [0.717, 1.165) is 43.5 Å². The summed E-state index contributed by atoms with van der Waals surface area (Å²) in [6, 6.07) is 16.6. The quantitative estimate of drug-likeness (QED) is 0.0675. The van der Waals surface area contributed by atoms with Gasteiger partial charge in [-0.1, -0.05) is 18.2 Å². The average Bonchev–Trinajstić information content (AvgIpc) is 3.55. The summed E-state index contributed by atoms with van der Waals surface area (Å²) < 4.78 is 40.3. The van der Waals surface area contributed by atoms with Crippen LogP contribution >= 0.6 is 0 Å². The van der Waals surface area contributed by atoms with E-state index in [1.165, 1.54) is 0 Å². The van der Waals surface area contributed by atoms with E-state index in [1.807, 2.05) is 74.4 Å². The summed E-state index contributed by atoms with van der Waals surface area (Å²) in [5, 5.41) is 8.32. The Hall–Kier alpha value is -5.68. The highest BCUT2D eigenvalue weighted by molar-refractivity contribution is 6.01. The second kappa shape index (κ2) is 23.1. The lowest BCUT2D eigenvalue weighted by Gasteiger charge is -2.37. The first kappa shape index (κ1) is 46.8. The van der Waals surface area contributed by atoms with Gasteiger partial charge in [0.15, 0.2) is 5.60 Å². The van der Waals surface area contributed by atoms with Crippen LogP contribution in [0.3, 0.4) is 0 Å². The van der Waals surface area contributed by atoms with Crippen molar-refractivity contribution in [1.29, 1.82) is 0 Å². The minimum absolute atomic E-state index is 0.0359. The number of fused-ring (bicyclic) bond motifs is 6. The number of hydrogen-bond acceptors (Lipinski definition) is 13. The molecule has 1 atom stereocenters. The molecule has 1 aliphatic carbocycles. The molecule has 3 amide bonds. The number of allylic oxidation sites excluding steroid dienone is 2. The van der Waals surface area contributed by atoms with Crippen LogP contribution in [0, 0.1) is 0 Å². The zero-order valence-electron chi connectivity index (χ0n) is 36.8. The van der Waals surface area contributed by atoms with Gasteiger partial charge in [-0.25, -0.2) is 9.59 Å². The number of anilines is 2. The minimum atomic E-state index is -1.26. The topological polar surface area (TPSA) is 175 Å². The summed E-state index contributed by atoms with van der Waals surface area (Å²) in [7, 11) is 7.78. The molecule has 1 unspecified atom stereocenters. The zero-order valence-corrected chi connectivity index (χ0v) is 36.8. The number of nitrogens with one attached hydrogen (secondary N) is 3. The molecule has 2 aliphatic heterocycles. The third-order valence-corrected chi connectivity index (χ3v) is 10.9. The Balaban J connectivity index is 0.829. The van der Waals surface area contributed by atoms with E-state index < -0.39 is 17.7 Å². The highest BCUT2D eigenvalue weighted by atomic mass is 16.6. The van der Waals surface area contributed by atoms with Crippen molar-refractivity contribution in [2.45, 2.75) is 50.2 Å². The summed E-state index contributed by atoms with van der Waals surface area (Å²) in [5.74, 6) is 0.0142. The van der Waals surface area contributed by atoms with Gasteiger partial charge in [-0.3, -0.25) is 9.59 Å². The molecule has 2 heterocycles. The standard InChI is InChI=1S/C47H61N5O11/c1-51(2)34-13-16-39-41(31-34)62-42-32-35(52(3)4)14-17-40(42)47(39)38-15-12-33(30-37(38)45(55)63-47)44(54)49-20-19-48-43(53)18-22-57-24-26-59-28-29-60-27-25-58-23-21-50-46(56)61-36-10-8-6-5-7-9-11-36/h5-6,12-17,30-32,36H,7-11,18-29H2,1-4H3,(H,48,53)(H,49,54)(H,50,56)/b6-5+. The van der Waals surface area contributed by atoms with Crippen molar-refractivity contribution in [2.75, 3.05) is 110 Å². The van der Waals surface area contributed by atoms with E-state index in [1.54, 1.807) is 18.2 Å². The molecule has 6 rings (SSSR count). The number of nitrogens with zero attached hydrogens (tertiary/aromatic N) is 2. The third-order valence-electron chi connectivity index (χ3n) is 10.9. The molecular formula is C47H61N5O11. The summed E-state index contributed by atoms with van der Waals surface area (Å²) >= 11 is 0. The molecule has 3 aromatic carbocycles. The number of amides is 3. The fourth-order valence-electron chi connectivity index (χ4n) is 7.56. The number of esters is 1. The SMILES string of the molecule is CN(C)c1ccc2c(c1)Oc1cc(N(C)C)ccc1C21OC(=O)c2cc(C(=O)NCCNC(=O)CCOCCOCCOCCOCCNC(=O)OC3CC/C=C/CCC3)ccc21. The first-order valence-electron chi connectivity index (χ1n) is 21.7. The van der Waals surface area contributed by atoms with Crippen LogP contribution in [0.15, 0.2) is 66.7 Å². The second-order valence-electron chi connectivity index (χ2n) is 15.8. The summed E-state index contributed by atoms with van der Waals surface area (Å²) in [6.07, 6.45) is 8.78. The van der Waals surface area contributed by atoms with Crippen molar-refractivity contribution in [3.05, 3.63) is 94.6 Å². The lowest BCUT2D eigenvalue weighted by Crippen LogP contribution is -2.35. The highest BCUT2D eigenvalue weighted by Gasteiger charge is 2.53. The monoisotopic (exact) mass is 871 g/mol. The molecule has 16 heteroatoms. The van der Waals surface area contributed by atoms with Gasteiger partial charge >= 0.3 is 12.1 Å². The van der Waals surface area contributed by atoms with Gasteiger partial charge in [0, 0.05) is 100 Å². The van der Waals surface area contributed by atoms with E-state index in [4.69, 9.17) is 33.2 Å². The molecule has 0 saturated carbocycles. The van der Waals surface area contributed by atoms with Gasteiger partial charge in [-0.15, -0.1) is 0 Å². The predicted octanol–water partition coefficient (Wildman–Crippen LogP) is 5.30. The number of ether oxygens (including phenoxy) is 7. The second-order valence-corrected chi connectivity index (χ2v) is 15.8. The molecule has 0 bridgehead atoms. The Morgan fingerprint density at radius 3 is 1.90 bits per heavy atom. The molecule has 0 fully saturated rings. The van der Waals surface area contributed by atoms with Crippen LogP contribution in [0.5, 0.6) is 11.5 Å². The Morgan fingerprint density at radius 1 is 0.667 bits per heavy atom. The number of alkyl carbamates (subject to hydrolysis) is 1. The Morgan fingerprint density at radius 2 is 1.25 bits per heavy atom. The molecule has 340 valence electrons. The van der Waals surface area contributed by atoms with Gasteiger partial charge in [0.05, 0.1) is 58.4 Å². The van der Waals surface area contributed by atoms with Gasteiger partial charge in [0.25, 0.3) is 5.91 Å². The van der Waals surface area contributed by atoms with Crippen LogP contribution in [0.4, 0.5) is 16.2 Å². The fourth-order valence-corrected chi connectivity index (χ4v) is 7.56. The van der Waals surface area contributed by atoms with Gasteiger partial charge < -0.3 is 58.9 Å². The van der Waals surface area contributed by atoms with Gasteiger partial charge in [-0.2, -0.15) is 0 Å². The van der Waals surface area contributed by atoms with Crippen LogP contribution in [-0.2, 0) is 38.8 Å².